The predicted octanol–water partition coefficient (Wildman–Crippen LogP) is 2.70. The first kappa shape index (κ1) is 20.8. The molecule has 28 heavy (non-hydrogen) atoms. The Kier molecular flexibility index (Phi) is 7.44. The molecule has 0 radical (unpaired) electrons. The third-order valence-corrected chi connectivity index (χ3v) is 5.62. The van der Waals surface area contributed by atoms with Gasteiger partial charge in [0.1, 0.15) is 5.82 Å². The van der Waals surface area contributed by atoms with Crippen LogP contribution in [0.1, 0.15) is 69.2 Å². The molecule has 0 unspecified atom stereocenters. The second kappa shape index (κ2) is 10.0. The number of rotatable bonds is 9. The van der Waals surface area contributed by atoms with E-state index in [1.165, 1.54) is 6.20 Å². The maximum absolute atomic E-state index is 11.8. The van der Waals surface area contributed by atoms with Gasteiger partial charge in [-0.15, -0.1) is 0 Å². The summed E-state index contributed by atoms with van der Waals surface area (Å²) in [6, 6.07) is 0.439. The number of amides is 1. The van der Waals surface area contributed by atoms with Crippen LogP contribution >= 0.6 is 0 Å². The van der Waals surface area contributed by atoms with Crippen molar-refractivity contribution in [2.75, 3.05) is 23.8 Å². The summed E-state index contributed by atoms with van der Waals surface area (Å²) < 4.78 is 11.5. The number of carbonyl (C=O) groups excluding carboxylic acids is 1. The number of aromatic nitrogens is 2. The highest BCUT2D eigenvalue weighted by Crippen LogP contribution is 2.27. The van der Waals surface area contributed by atoms with E-state index < -0.39 is 5.91 Å². The fourth-order valence-electron chi connectivity index (χ4n) is 4.21. The van der Waals surface area contributed by atoms with Gasteiger partial charge in [-0.3, -0.25) is 4.79 Å². The van der Waals surface area contributed by atoms with E-state index in [-0.39, 0.29) is 12.1 Å². The van der Waals surface area contributed by atoms with E-state index in [9.17, 15) is 4.79 Å². The number of nitrogens with two attached hydrogens (primary N) is 1. The highest BCUT2D eigenvalue weighted by molar-refractivity contribution is 5.97. The quantitative estimate of drug-likeness (QED) is 0.593. The first-order valence-corrected chi connectivity index (χ1v) is 10.5. The average Bonchev–Trinajstić information content (AvgIpc) is 3.11. The molecule has 156 valence electrons. The number of hydrogen-bond acceptors (Lipinski definition) is 7. The number of nitrogens with zero attached hydrogens (tertiary/aromatic N) is 2. The molecule has 4 N–H and O–H groups in total. The number of anilines is 2. The molecule has 1 aromatic rings. The lowest BCUT2D eigenvalue weighted by atomic mass is 9.93. The Morgan fingerprint density at radius 1 is 1.11 bits per heavy atom. The molecule has 8 heteroatoms. The summed E-state index contributed by atoms with van der Waals surface area (Å²) in [5.74, 6) is 0.486. The van der Waals surface area contributed by atoms with Crippen LogP contribution in [0.2, 0.25) is 0 Å². The maximum Gasteiger partial charge on any atom is 0.254 e. The number of hydrogen-bond donors (Lipinski definition) is 3. The Morgan fingerprint density at radius 2 is 1.86 bits per heavy atom. The highest BCUT2D eigenvalue weighted by atomic mass is 16.5. The van der Waals surface area contributed by atoms with Crippen LogP contribution in [0.3, 0.4) is 0 Å². The van der Waals surface area contributed by atoms with E-state index in [2.05, 4.69) is 20.6 Å². The molecule has 0 saturated heterocycles. The molecular formula is C20H33N5O3. The van der Waals surface area contributed by atoms with Crippen molar-refractivity contribution < 1.29 is 14.3 Å². The second-order valence-electron chi connectivity index (χ2n) is 7.57. The first-order chi connectivity index (χ1) is 13.6. The first-order valence-electron chi connectivity index (χ1n) is 10.5. The van der Waals surface area contributed by atoms with Crippen LogP contribution in [0, 0.1) is 0 Å². The van der Waals surface area contributed by atoms with E-state index in [1.807, 2.05) is 13.8 Å². The van der Waals surface area contributed by atoms with E-state index in [0.717, 1.165) is 51.6 Å². The zero-order valence-electron chi connectivity index (χ0n) is 16.9. The van der Waals surface area contributed by atoms with Gasteiger partial charge in [-0.1, -0.05) is 0 Å². The van der Waals surface area contributed by atoms with Gasteiger partial charge in [0.05, 0.1) is 23.8 Å². The summed E-state index contributed by atoms with van der Waals surface area (Å²) in [4.78, 5) is 20.7. The van der Waals surface area contributed by atoms with Crippen LogP contribution in [0.25, 0.3) is 0 Å². The smallest absolute Gasteiger partial charge is 0.254 e. The molecule has 2 saturated carbocycles. The zero-order chi connectivity index (χ0) is 19.9. The minimum atomic E-state index is -0.530. The molecule has 2 aliphatic carbocycles. The van der Waals surface area contributed by atoms with Gasteiger partial charge in [-0.05, 0) is 58.8 Å². The van der Waals surface area contributed by atoms with Crippen molar-refractivity contribution in [1.82, 2.24) is 9.97 Å². The van der Waals surface area contributed by atoms with Gasteiger partial charge >= 0.3 is 0 Å². The van der Waals surface area contributed by atoms with Gasteiger partial charge in [-0.25, -0.2) is 4.98 Å². The molecule has 1 aromatic heterocycles. The second-order valence-corrected chi connectivity index (χ2v) is 7.57. The normalized spacial score (nSPS) is 27.5. The topological polar surface area (TPSA) is 111 Å². The SMILES string of the molecule is CCOC1CCC(Nc2ncc(C(N)=O)c(N[C@H]3CCC[C@@H]3OCC)n2)CC1. The zero-order valence-corrected chi connectivity index (χ0v) is 16.9. The molecule has 0 aliphatic heterocycles. The molecule has 1 amide bonds. The van der Waals surface area contributed by atoms with Gasteiger partial charge in [0.25, 0.3) is 5.91 Å². The lowest BCUT2D eigenvalue weighted by Crippen LogP contribution is -2.33. The molecule has 1 heterocycles. The summed E-state index contributed by atoms with van der Waals surface area (Å²) in [5.41, 5.74) is 5.85. The van der Waals surface area contributed by atoms with Crippen molar-refractivity contribution in [3.63, 3.8) is 0 Å². The van der Waals surface area contributed by atoms with Crippen LogP contribution in [-0.2, 0) is 9.47 Å². The van der Waals surface area contributed by atoms with Crippen molar-refractivity contribution in [2.45, 2.75) is 83.1 Å². The third kappa shape index (κ3) is 5.32. The van der Waals surface area contributed by atoms with E-state index in [0.29, 0.717) is 36.1 Å². The standard InChI is InChI=1S/C20H33N5O3/c1-3-27-14-10-8-13(9-11-14)23-20-22-12-15(18(21)26)19(25-20)24-16-6-5-7-17(16)28-4-2/h12-14,16-17H,3-11H2,1-2H3,(H2,21,26)(H2,22,23,24,25)/t13?,14?,16-,17-/m0/s1. The fourth-order valence-corrected chi connectivity index (χ4v) is 4.21. The molecule has 0 bridgehead atoms. The molecule has 8 nitrogen and oxygen atoms in total. The van der Waals surface area contributed by atoms with Gasteiger partial charge in [0.15, 0.2) is 0 Å². The summed E-state index contributed by atoms with van der Waals surface area (Å²) >= 11 is 0. The number of primary amides is 1. The molecule has 2 aliphatic rings. The van der Waals surface area contributed by atoms with Gasteiger partial charge in [0.2, 0.25) is 5.95 Å². The molecule has 0 aromatic carbocycles. The number of nitrogens with one attached hydrogen (secondary N) is 2. The Hall–Kier alpha value is -1.93. The molecular weight excluding hydrogens is 358 g/mol. The molecule has 3 rings (SSSR count). The van der Waals surface area contributed by atoms with Gasteiger partial charge < -0.3 is 25.8 Å². The lowest BCUT2D eigenvalue weighted by molar-refractivity contribution is 0.0346. The molecule has 0 spiro atoms. The monoisotopic (exact) mass is 391 g/mol. The molecule has 2 fully saturated rings. The Balaban J connectivity index is 1.67. The summed E-state index contributed by atoms with van der Waals surface area (Å²) in [6.45, 7) is 5.47. The fraction of sp³-hybridized carbons (Fsp3) is 0.750. The maximum atomic E-state index is 11.8. The third-order valence-electron chi connectivity index (χ3n) is 5.62. The average molecular weight is 392 g/mol. The Bertz CT molecular complexity index is 649. The predicted molar refractivity (Wildman–Crippen MR) is 109 cm³/mol. The lowest BCUT2D eigenvalue weighted by Gasteiger charge is -2.29. The Labute approximate surface area is 167 Å². The van der Waals surface area contributed by atoms with Crippen LogP contribution in [0.5, 0.6) is 0 Å². The minimum absolute atomic E-state index is 0.127. The number of carbonyl (C=O) groups is 1. The van der Waals surface area contributed by atoms with Crippen LogP contribution in [-0.4, -0.2) is 53.4 Å². The van der Waals surface area contributed by atoms with Crippen molar-refractivity contribution in [1.29, 1.82) is 0 Å². The van der Waals surface area contributed by atoms with Crippen LogP contribution in [0.4, 0.5) is 11.8 Å². The Morgan fingerprint density at radius 3 is 2.54 bits per heavy atom. The van der Waals surface area contributed by atoms with E-state index in [4.69, 9.17) is 15.2 Å². The van der Waals surface area contributed by atoms with Gasteiger partial charge in [0, 0.05) is 25.5 Å². The van der Waals surface area contributed by atoms with E-state index in [1.54, 1.807) is 0 Å². The van der Waals surface area contributed by atoms with Crippen LogP contribution < -0.4 is 16.4 Å². The van der Waals surface area contributed by atoms with Crippen molar-refractivity contribution in [3.05, 3.63) is 11.8 Å². The van der Waals surface area contributed by atoms with Crippen molar-refractivity contribution in [3.8, 4) is 0 Å². The van der Waals surface area contributed by atoms with Gasteiger partial charge in [-0.2, -0.15) is 4.98 Å². The van der Waals surface area contributed by atoms with Crippen LogP contribution in [0.15, 0.2) is 6.20 Å². The van der Waals surface area contributed by atoms with Crippen molar-refractivity contribution in [2.24, 2.45) is 5.73 Å². The molecule has 2 atom stereocenters. The minimum Gasteiger partial charge on any atom is -0.379 e. The number of ether oxygens (including phenoxy) is 2. The van der Waals surface area contributed by atoms with Crippen molar-refractivity contribution >= 4 is 17.7 Å². The highest BCUT2D eigenvalue weighted by Gasteiger charge is 2.29. The summed E-state index contributed by atoms with van der Waals surface area (Å²) in [7, 11) is 0. The summed E-state index contributed by atoms with van der Waals surface area (Å²) in [5, 5.41) is 6.80. The van der Waals surface area contributed by atoms with E-state index >= 15 is 0 Å². The largest absolute Gasteiger partial charge is 0.379 e. The summed E-state index contributed by atoms with van der Waals surface area (Å²) in [6.07, 6.45) is 9.19.